The SMILES string of the molecule is CNCC(O)C(O)c1cccc(CCl)c1. The fourth-order valence-corrected chi connectivity index (χ4v) is 1.57. The van der Waals surface area contributed by atoms with Gasteiger partial charge in [0.1, 0.15) is 6.10 Å². The summed E-state index contributed by atoms with van der Waals surface area (Å²) in [6.07, 6.45) is -1.68. The molecular formula is C11H16ClNO2. The zero-order valence-electron chi connectivity index (χ0n) is 8.65. The van der Waals surface area contributed by atoms with Gasteiger partial charge in [0.2, 0.25) is 0 Å². The molecule has 0 spiro atoms. The summed E-state index contributed by atoms with van der Waals surface area (Å²) < 4.78 is 0. The van der Waals surface area contributed by atoms with Gasteiger partial charge in [0.05, 0.1) is 6.10 Å². The number of hydrogen-bond acceptors (Lipinski definition) is 3. The molecule has 0 saturated carbocycles. The molecule has 0 aromatic heterocycles. The van der Waals surface area contributed by atoms with Crippen LogP contribution in [0.25, 0.3) is 0 Å². The summed E-state index contributed by atoms with van der Waals surface area (Å²) in [7, 11) is 1.73. The molecule has 0 saturated heterocycles. The van der Waals surface area contributed by atoms with Crippen LogP contribution in [0.5, 0.6) is 0 Å². The second kappa shape index (κ2) is 6.08. The summed E-state index contributed by atoms with van der Waals surface area (Å²) in [5.41, 5.74) is 1.63. The highest BCUT2D eigenvalue weighted by atomic mass is 35.5. The van der Waals surface area contributed by atoms with Crippen molar-refractivity contribution in [1.29, 1.82) is 0 Å². The summed E-state index contributed by atoms with van der Waals surface area (Å²) in [6.45, 7) is 0.353. The van der Waals surface area contributed by atoms with Crippen molar-refractivity contribution < 1.29 is 10.2 Å². The van der Waals surface area contributed by atoms with Crippen molar-refractivity contribution in [2.75, 3.05) is 13.6 Å². The first-order valence-corrected chi connectivity index (χ1v) is 5.38. The van der Waals surface area contributed by atoms with Crippen molar-refractivity contribution in [3.8, 4) is 0 Å². The van der Waals surface area contributed by atoms with E-state index in [9.17, 15) is 10.2 Å². The quantitative estimate of drug-likeness (QED) is 0.662. The Labute approximate surface area is 94.7 Å². The van der Waals surface area contributed by atoms with Gasteiger partial charge in [-0.2, -0.15) is 0 Å². The fourth-order valence-electron chi connectivity index (χ4n) is 1.40. The lowest BCUT2D eigenvalue weighted by Gasteiger charge is -2.18. The van der Waals surface area contributed by atoms with Gasteiger partial charge in [-0.05, 0) is 18.2 Å². The molecule has 4 heteroatoms. The Balaban J connectivity index is 2.76. The number of likely N-dealkylation sites (N-methyl/N-ethyl adjacent to an activating group) is 1. The molecule has 84 valence electrons. The summed E-state index contributed by atoms with van der Waals surface area (Å²) in [5.74, 6) is 0.405. The molecule has 0 aliphatic rings. The van der Waals surface area contributed by atoms with Crippen molar-refractivity contribution >= 4 is 11.6 Å². The summed E-state index contributed by atoms with van der Waals surface area (Å²) in [5, 5.41) is 22.2. The molecule has 0 bridgehead atoms. The van der Waals surface area contributed by atoms with Crippen LogP contribution in [0.4, 0.5) is 0 Å². The fraction of sp³-hybridized carbons (Fsp3) is 0.455. The van der Waals surface area contributed by atoms with Crippen LogP contribution in [0.15, 0.2) is 24.3 Å². The number of alkyl halides is 1. The van der Waals surface area contributed by atoms with Gasteiger partial charge in [-0.1, -0.05) is 24.3 Å². The summed E-state index contributed by atoms with van der Waals surface area (Å²) >= 11 is 5.69. The summed E-state index contributed by atoms with van der Waals surface area (Å²) in [4.78, 5) is 0. The molecule has 3 nitrogen and oxygen atoms in total. The number of hydrogen-bond donors (Lipinski definition) is 3. The van der Waals surface area contributed by atoms with Gasteiger partial charge in [-0.3, -0.25) is 0 Å². The molecular weight excluding hydrogens is 214 g/mol. The topological polar surface area (TPSA) is 52.5 Å². The first kappa shape index (κ1) is 12.5. The zero-order chi connectivity index (χ0) is 11.3. The van der Waals surface area contributed by atoms with Crippen LogP contribution in [0.1, 0.15) is 17.2 Å². The minimum Gasteiger partial charge on any atom is -0.389 e. The van der Waals surface area contributed by atoms with Crippen LogP contribution in [-0.4, -0.2) is 29.9 Å². The average Bonchev–Trinajstić information content (AvgIpc) is 2.28. The largest absolute Gasteiger partial charge is 0.389 e. The first-order chi connectivity index (χ1) is 7.19. The van der Waals surface area contributed by atoms with E-state index in [0.717, 1.165) is 5.56 Å². The number of halogens is 1. The van der Waals surface area contributed by atoms with E-state index in [2.05, 4.69) is 5.32 Å². The number of benzene rings is 1. The maximum absolute atomic E-state index is 9.81. The van der Waals surface area contributed by atoms with Crippen LogP contribution in [0, 0.1) is 0 Å². The average molecular weight is 230 g/mol. The van der Waals surface area contributed by atoms with E-state index in [1.165, 1.54) is 0 Å². The van der Waals surface area contributed by atoms with Crippen LogP contribution >= 0.6 is 11.6 Å². The minimum absolute atomic E-state index is 0.353. The van der Waals surface area contributed by atoms with Crippen molar-refractivity contribution in [3.05, 3.63) is 35.4 Å². The smallest absolute Gasteiger partial charge is 0.106 e. The Morgan fingerprint density at radius 1 is 1.40 bits per heavy atom. The number of rotatable bonds is 5. The standard InChI is InChI=1S/C11H16ClNO2/c1-13-7-10(14)11(15)9-4-2-3-8(5-9)6-12/h2-5,10-11,13-15H,6-7H2,1H3. The Morgan fingerprint density at radius 2 is 2.13 bits per heavy atom. The zero-order valence-corrected chi connectivity index (χ0v) is 9.41. The van der Waals surface area contributed by atoms with Gasteiger partial charge in [0.15, 0.2) is 0 Å². The van der Waals surface area contributed by atoms with Gasteiger partial charge in [-0.25, -0.2) is 0 Å². The minimum atomic E-state index is -0.874. The third-order valence-electron chi connectivity index (χ3n) is 2.22. The van der Waals surface area contributed by atoms with Crippen molar-refractivity contribution in [1.82, 2.24) is 5.32 Å². The third kappa shape index (κ3) is 3.47. The number of aliphatic hydroxyl groups excluding tert-OH is 2. The normalized spacial score (nSPS) is 14.9. The van der Waals surface area contributed by atoms with Gasteiger partial charge >= 0.3 is 0 Å². The maximum Gasteiger partial charge on any atom is 0.106 e. The predicted octanol–water partition coefficient (Wildman–Crippen LogP) is 1.04. The first-order valence-electron chi connectivity index (χ1n) is 4.84. The van der Waals surface area contributed by atoms with Crippen LogP contribution in [-0.2, 0) is 5.88 Å². The second-order valence-electron chi connectivity index (χ2n) is 3.45. The van der Waals surface area contributed by atoms with E-state index < -0.39 is 12.2 Å². The molecule has 1 aromatic rings. The van der Waals surface area contributed by atoms with Crippen LogP contribution in [0.2, 0.25) is 0 Å². The molecule has 0 radical (unpaired) electrons. The van der Waals surface area contributed by atoms with Crippen LogP contribution in [0.3, 0.4) is 0 Å². The van der Waals surface area contributed by atoms with Gasteiger partial charge < -0.3 is 15.5 Å². The van der Waals surface area contributed by atoms with E-state index >= 15 is 0 Å². The van der Waals surface area contributed by atoms with E-state index in [1.807, 2.05) is 12.1 Å². The molecule has 15 heavy (non-hydrogen) atoms. The number of aliphatic hydroxyl groups is 2. The Kier molecular flexibility index (Phi) is 5.05. The molecule has 0 aliphatic carbocycles. The second-order valence-corrected chi connectivity index (χ2v) is 3.72. The summed E-state index contributed by atoms with van der Waals surface area (Å²) in [6, 6.07) is 7.28. The monoisotopic (exact) mass is 229 g/mol. The molecule has 1 aromatic carbocycles. The molecule has 0 aliphatic heterocycles. The highest BCUT2D eigenvalue weighted by Gasteiger charge is 2.17. The Bertz CT molecular complexity index is 306. The van der Waals surface area contributed by atoms with Gasteiger partial charge in [-0.15, -0.1) is 11.6 Å². The highest BCUT2D eigenvalue weighted by Crippen LogP contribution is 2.18. The lowest BCUT2D eigenvalue weighted by molar-refractivity contribution is 0.0202. The number of nitrogens with one attached hydrogen (secondary N) is 1. The van der Waals surface area contributed by atoms with Crippen molar-refractivity contribution in [2.45, 2.75) is 18.1 Å². The Morgan fingerprint density at radius 3 is 2.73 bits per heavy atom. The Hall–Kier alpha value is -0.610. The highest BCUT2D eigenvalue weighted by molar-refractivity contribution is 6.17. The van der Waals surface area contributed by atoms with E-state index in [-0.39, 0.29) is 0 Å². The van der Waals surface area contributed by atoms with E-state index in [0.29, 0.717) is 18.0 Å². The maximum atomic E-state index is 9.81. The van der Waals surface area contributed by atoms with Crippen molar-refractivity contribution in [2.24, 2.45) is 0 Å². The van der Waals surface area contributed by atoms with Crippen molar-refractivity contribution in [3.63, 3.8) is 0 Å². The van der Waals surface area contributed by atoms with Gasteiger partial charge in [0, 0.05) is 12.4 Å². The molecule has 0 heterocycles. The van der Waals surface area contributed by atoms with Crippen LogP contribution < -0.4 is 5.32 Å². The van der Waals surface area contributed by atoms with Gasteiger partial charge in [0.25, 0.3) is 0 Å². The predicted molar refractivity (Wildman–Crippen MR) is 60.9 cm³/mol. The third-order valence-corrected chi connectivity index (χ3v) is 2.53. The molecule has 0 fully saturated rings. The molecule has 2 unspecified atom stereocenters. The lowest BCUT2D eigenvalue weighted by Crippen LogP contribution is -2.29. The molecule has 1 rings (SSSR count). The lowest BCUT2D eigenvalue weighted by atomic mass is 10.0. The molecule has 0 amide bonds. The van der Waals surface area contributed by atoms with E-state index in [4.69, 9.17) is 11.6 Å². The molecule has 2 atom stereocenters. The molecule has 3 N–H and O–H groups in total. The van der Waals surface area contributed by atoms with E-state index in [1.54, 1.807) is 19.2 Å².